The highest BCUT2D eigenvalue weighted by Gasteiger charge is 2.11. The molecule has 0 aliphatic carbocycles. The summed E-state index contributed by atoms with van der Waals surface area (Å²) in [6.45, 7) is 2.64. The van der Waals surface area contributed by atoms with E-state index in [2.05, 4.69) is 55.5 Å². The fraction of sp³-hybridized carbons (Fsp3) is 0.174. The van der Waals surface area contributed by atoms with Gasteiger partial charge in [-0.25, -0.2) is 4.79 Å². The first-order valence-corrected chi connectivity index (χ1v) is 8.74. The van der Waals surface area contributed by atoms with Crippen LogP contribution in [0.2, 0.25) is 0 Å². The van der Waals surface area contributed by atoms with Crippen LogP contribution in [0.25, 0.3) is 0 Å². The summed E-state index contributed by atoms with van der Waals surface area (Å²) in [4.78, 5) is 11.2. The molecule has 132 valence electrons. The number of rotatable bonds is 7. The summed E-state index contributed by atoms with van der Waals surface area (Å²) in [5.41, 5.74) is 3.92. The van der Waals surface area contributed by atoms with Crippen molar-refractivity contribution in [1.29, 1.82) is 0 Å². The molecule has 0 bridgehead atoms. The Labute approximate surface area is 153 Å². The zero-order chi connectivity index (χ0) is 18.4. The van der Waals surface area contributed by atoms with Gasteiger partial charge in [-0.05, 0) is 28.8 Å². The standard InChI is InChI=1S/C23H22O3/c1-17(19-9-3-2-4-10-19)20-11-7-8-18(16-20)14-15-26-22-13-6-5-12-21(22)23(24)25/h2-13,16-17H,14-15H2,1H3,(H,24,25). The largest absolute Gasteiger partial charge is 0.492 e. The fourth-order valence-electron chi connectivity index (χ4n) is 3.00. The van der Waals surface area contributed by atoms with Crippen molar-refractivity contribution in [3.8, 4) is 5.75 Å². The normalized spacial score (nSPS) is 11.7. The molecule has 0 aromatic heterocycles. The van der Waals surface area contributed by atoms with Crippen molar-refractivity contribution in [3.63, 3.8) is 0 Å². The number of aromatic carboxylic acids is 1. The predicted molar refractivity (Wildman–Crippen MR) is 103 cm³/mol. The average molecular weight is 346 g/mol. The number of carboxylic acid groups (broad SMARTS) is 1. The fourth-order valence-corrected chi connectivity index (χ4v) is 3.00. The van der Waals surface area contributed by atoms with Gasteiger partial charge in [-0.15, -0.1) is 0 Å². The lowest BCUT2D eigenvalue weighted by molar-refractivity contribution is 0.0692. The Bertz CT molecular complexity index is 871. The van der Waals surface area contributed by atoms with Crippen LogP contribution in [-0.4, -0.2) is 17.7 Å². The van der Waals surface area contributed by atoms with Gasteiger partial charge in [-0.2, -0.15) is 0 Å². The van der Waals surface area contributed by atoms with E-state index in [1.165, 1.54) is 16.7 Å². The predicted octanol–water partition coefficient (Wildman–Crippen LogP) is 5.16. The summed E-state index contributed by atoms with van der Waals surface area (Å²) in [6, 6.07) is 25.6. The van der Waals surface area contributed by atoms with Gasteiger partial charge in [0.1, 0.15) is 11.3 Å². The third-order valence-corrected chi connectivity index (χ3v) is 4.52. The number of ether oxygens (including phenoxy) is 1. The van der Waals surface area contributed by atoms with Gasteiger partial charge in [0.15, 0.2) is 0 Å². The van der Waals surface area contributed by atoms with E-state index in [1.54, 1.807) is 24.3 Å². The summed E-state index contributed by atoms with van der Waals surface area (Å²) >= 11 is 0. The molecule has 1 N–H and O–H groups in total. The minimum absolute atomic E-state index is 0.193. The zero-order valence-electron chi connectivity index (χ0n) is 14.8. The number of benzene rings is 3. The van der Waals surface area contributed by atoms with Gasteiger partial charge in [0, 0.05) is 12.3 Å². The van der Waals surface area contributed by atoms with Crippen LogP contribution in [0.3, 0.4) is 0 Å². The molecule has 0 heterocycles. The Morgan fingerprint density at radius 2 is 1.62 bits per heavy atom. The highest BCUT2D eigenvalue weighted by atomic mass is 16.5. The minimum Gasteiger partial charge on any atom is -0.492 e. The van der Waals surface area contributed by atoms with Gasteiger partial charge in [-0.3, -0.25) is 0 Å². The summed E-state index contributed by atoms with van der Waals surface area (Å²) < 4.78 is 5.71. The molecule has 0 saturated heterocycles. The van der Waals surface area contributed by atoms with Crippen molar-refractivity contribution >= 4 is 5.97 Å². The Morgan fingerprint density at radius 1 is 0.923 bits per heavy atom. The maximum atomic E-state index is 11.2. The maximum Gasteiger partial charge on any atom is 0.339 e. The molecule has 1 unspecified atom stereocenters. The molecule has 3 nitrogen and oxygen atoms in total. The molecule has 3 heteroatoms. The van der Waals surface area contributed by atoms with Gasteiger partial charge in [-0.1, -0.05) is 73.7 Å². The van der Waals surface area contributed by atoms with E-state index in [0.29, 0.717) is 18.3 Å². The molecule has 0 aliphatic rings. The Hall–Kier alpha value is -3.07. The second-order valence-corrected chi connectivity index (χ2v) is 6.28. The second-order valence-electron chi connectivity index (χ2n) is 6.28. The van der Waals surface area contributed by atoms with E-state index in [-0.39, 0.29) is 5.56 Å². The van der Waals surface area contributed by atoms with Gasteiger partial charge >= 0.3 is 5.97 Å². The summed E-state index contributed by atoms with van der Waals surface area (Å²) in [6.07, 6.45) is 0.725. The van der Waals surface area contributed by atoms with Crippen LogP contribution < -0.4 is 4.74 Å². The van der Waals surface area contributed by atoms with Crippen molar-refractivity contribution in [2.45, 2.75) is 19.3 Å². The molecular weight excluding hydrogens is 324 g/mol. The van der Waals surface area contributed by atoms with Crippen molar-refractivity contribution in [1.82, 2.24) is 0 Å². The average Bonchev–Trinajstić information content (AvgIpc) is 2.68. The van der Waals surface area contributed by atoms with Crippen molar-refractivity contribution in [3.05, 3.63) is 101 Å². The first kappa shape index (κ1) is 17.7. The van der Waals surface area contributed by atoms with E-state index in [9.17, 15) is 9.90 Å². The van der Waals surface area contributed by atoms with Crippen molar-refractivity contribution in [2.24, 2.45) is 0 Å². The lowest BCUT2D eigenvalue weighted by Gasteiger charge is -2.14. The first-order valence-electron chi connectivity index (χ1n) is 8.74. The van der Waals surface area contributed by atoms with E-state index in [0.717, 1.165) is 6.42 Å². The van der Waals surface area contributed by atoms with Crippen molar-refractivity contribution < 1.29 is 14.6 Å². The maximum absolute atomic E-state index is 11.2. The zero-order valence-corrected chi connectivity index (χ0v) is 14.8. The molecule has 0 fully saturated rings. The third kappa shape index (κ3) is 4.31. The van der Waals surface area contributed by atoms with Crippen LogP contribution in [0.5, 0.6) is 5.75 Å². The van der Waals surface area contributed by atoms with E-state index in [1.807, 2.05) is 6.07 Å². The smallest absolute Gasteiger partial charge is 0.339 e. The van der Waals surface area contributed by atoms with Crippen LogP contribution in [0.1, 0.15) is 39.9 Å². The molecular formula is C23H22O3. The first-order chi connectivity index (χ1) is 12.6. The Morgan fingerprint density at radius 3 is 2.38 bits per heavy atom. The molecule has 26 heavy (non-hydrogen) atoms. The molecule has 0 aliphatic heterocycles. The highest BCUT2D eigenvalue weighted by Crippen LogP contribution is 2.25. The van der Waals surface area contributed by atoms with Crippen molar-refractivity contribution in [2.75, 3.05) is 6.61 Å². The number of hydrogen-bond donors (Lipinski definition) is 1. The SMILES string of the molecule is CC(c1ccccc1)c1cccc(CCOc2ccccc2C(=O)O)c1. The lowest BCUT2D eigenvalue weighted by Crippen LogP contribution is -2.06. The third-order valence-electron chi connectivity index (χ3n) is 4.52. The van der Waals surface area contributed by atoms with Gasteiger partial charge in [0.25, 0.3) is 0 Å². The van der Waals surface area contributed by atoms with Crippen LogP contribution in [-0.2, 0) is 6.42 Å². The minimum atomic E-state index is -0.973. The van der Waals surface area contributed by atoms with Crippen LogP contribution in [0, 0.1) is 0 Å². The van der Waals surface area contributed by atoms with Crippen LogP contribution in [0.15, 0.2) is 78.9 Å². The quantitative estimate of drug-likeness (QED) is 0.643. The Kier molecular flexibility index (Phi) is 5.69. The molecule has 3 aromatic rings. The molecule has 0 amide bonds. The topological polar surface area (TPSA) is 46.5 Å². The molecule has 1 atom stereocenters. The molecule has 0 spiro atoms. The number of carboxylic acids is 1. The number of para-hydroxylation sites is 1. The molecule has 0 radical (unpaired) electrons. The summed E-state index contributed by atoms with van der Waals surface area (Å²) in [7, 11) is 0. The van der Waals surface area contributed by atoms with E-state index >= 15 is 0 Å². The van der Waals surface area contributed by atoms with Crippen LogP contribution in [0.4, 0.5) is 0 Å². The molecule has 0 saturated carbocycles. The van der Waals surface area contributed by atoms with Crippen LogP contribution >= 0.6 is 0 Å². The van der Waals surface area contributed by atoms with E-state index in [4.69, 9.17) is 4.74 Å². The monoisotopic (exact) mass is 346 g/mol. The lowest BCUT2D eigenvalue weighted by atomic mass is 9.92. The highest BCUT2D eigenvalue weighted by molar-refractivity contribution is 5.90. The van der Waals surface area contributed by atoms with E-state index < -0.39 is 5.97 Å². The molecule has 3 rings (SSSR count). The second kappa shape index (κ2) is 8.34. The van der Waals surface area contributed by atoms with Gasteiger partial charge in [0.2, 0.25) is 0 Å². The summed E-state index contributed by atoms with van der Waals surface area (Å²) in [5.74, 6) is -0.238. The molecule has 3 aromatic carbocycles. The number of hydrogen-bond acceptors (Lipinski definition) is 2. The summed E-state index contributed by atoms with van der Waals surface area (Å²) in [5, 5.41) is 9.21. The van der Waals surface area contributed by atoms with Gasteiger partial charge < -0.3 is 9.84 Å². The Balaban J connectivity index is 1.66. The number of carbonyl (C=O) groups is 1. The van der Waals surface area contributed by atoms with Gasteiger partial charge in [0.05, 0.1) is 6.61 Å².